The number of benzene rings is 1. The molecule has 0 aromatic heterocycles. The van der Waals surface area contributed by atoms with Gasteiger partial charge in [-0.2, -0.15) is 0 Å². The van der Waals surface area contributed by atoms with E-state index in [0.717, 1.165) is 5.46 Å². The van der Waals surface area contributed by atoms with E-state index in [1.54, 1.807) is 18.2 Å². The first-order chi connectivity index (χ1) is 6.15. The number of carbonyl (C=O) groups excluding carboxylic acids is 1. The molecule has 0 aliphatic heterocycles. The molecule has 0 saturated carbocycles. The second kappa shape index (κ2) is 3.77. The van der Waals surface area contributed by atoms with Gasteiger partial charge >= 0.3 is 0 Å². The molecule has 2 N–H and O–H groups in total. The van der Waals surface area contributed by atoms with Gasteiger partial charge in [-0.05, 0) is 24.5 Å². The van der Waals surface area contributed by atoms with Crippen molar-refractivity contribution in [3.63, 3.8) is 0 Å². The number of nitrogens with zero attached hydrogens (tertiary/aromatic N) is 1. The summed E-state index contributed by atoms with van der Waals surface area (Å²) in [5, 5.41) is 8.48. The Balaban J connectivity index is 3.12. The number of hydrogen-bond acceptors (Lipinski definition) is 3. The second-order valence-electron chi connectivity index (χ2n) is 2.80. The molecule has 1 aromatic rings. The monoisotopic (exact) mass is 172 g/mol. The van der Waals surface area contributed by atoms with Crippen LogP contribution in [0.5, 0.6) is 0 Å². The number of rotatable bonds is 2. The fourth-order valence-electron chi connectivity index (χ4n) is 1.06. The van der Waals surface area contributed by atoms with E-state index in [4.69, 9.17) is 11.0 Å². The number of nitrogen functional groups attached to an aromatic ring is 1. The SMILES string of the molecule is CC(=O)c1ccc(N)c(BC#N)c1. The number of ketones is 1. The Morgan fingerprint density at radius 2 is 2.31 bits per heavy atom. The minimum absolute atomic E-state index is 0.0146. The highest BCUT2D eigenvalue weighted by atomic mass is 16.1. The maximum atomic E-state index is 11.0. The topological polar surface area (TPSA) is 66.9 Å². The molecule has 3 nitrogen and oxygen atoms in total. The number of carbonyl (C=O) groups is 1. The molecule has 4 heteroatoms. The van der Waals surface area contributed by atoms with E-state index in [1.807, 2.05) is 5.97 Å². The van der Waals surface area contributed by atoms with Gasteiger partial charge in [0.2, 0.25) is 0 Å². The third-order valence-electron chi connectivity index (χ3n) is 1.82. The predicted molar refractivity (Wildman–Crippen MR) is 53.3 cm³/mol. The van der Waals surface area contributed by atoms with E-state index in [1.165, 1.54) is 6.92 Å². The Kier molecular flexibility index (Phi) is 2.71. The van der Waals surface area contributed by atoms with E-state index in [-0.39, 0.29) is 13.1 Å². The molecule has 0 bridgehead atoms. The maximum absolute atomic E-state index is 11.0. The summed E-state index contributed by atoms with van der Waals surface area (Å²) in [6.07, 6.45) is 0. The molecule has 0 atom stereocenters. The summed E-state index contributed by atoms with van der Waals surface area (Å²) in [6, 6.07) is 4.99. The first-order valence-corrected chi connectivity index (χ1v) is 3.91. The highest BCUT2D eigenvalue weighted by Crippen LogP contribution is 2.03. The second-order valence-corrected chi connectivity index (χ2v) is 2.80. The van der Waals surface area contributed by atoms with Crippen LogP contribution in [0.15, 0.2) is 18.2 Å². The number of nitriles is 1. The molecule has 0 fully saturated rings. The standard InChI is InChI=1S/C9H9BN2O/c1-6(13)7-2-3-9(12)8(4-7)10-5-11/h2-4,10H,12H2,1H3. The highest BCUT2D eigenvalue weighted by Gasteiger charge is 2.04. The lowest BCUT2D eigenvalue weighted by atomic mass is 9.71. The van der Waals surface area contributed by atoms with Crippen molar-refractivity contribution in [3.8, 4) is 5.97 Å². The smallest absolute Gasteiger partial charge is 0.284 e. The molecule has 1 aromatic carbocycles. The first-order valence-electron chi connectivity index (χ1n) is 3.91. The van der Waals surface area contributed by atoms with Crippen LogP contribution in [0.1, 0.15) is 17.3 Å². The molecule has 0 spiro atoms. The van der Waals surface area contributed by atoms with Crippen molar-refractivity contribution < 1.29 is 4.79 Å². The minimum atomic E-state index is -0.0146. The lowest BCUT2D eigenvalue weighted by molar-refractivity contribution is 0.101. The molecular weight excluding hydrogens is 163 g/mol. The maximum Gasteiger partial charge on any atom is 0.284 e. The molecule has 64 valence electrons. The van der Waals surface area contributed by atoms with Crippen molar-refractivity contribution in [2.45, 2.75) is 6.92 Å². The molecule has 0 radical (unpaired) electrons. The van der Waals surface area contributed by atoms with Crippen LogP contribution in [0, 0.1) is 11.2 Å². The van der Waals surface area contributed by atoms with Crippen molar-refractivity contribution in [1.29, 1.82) is 5.26 Å². The summed E-state index contributed by atoms with van der Waals surface area (Å²) in [7, 11) is 0.243. The Hall–Kier alpha value is -1.76. The summed E-state index contributed by atoms with van der Waals surface area (Å²) < 4.78 is 0. The van der Waals surface area contributed by atoms with Crippen LogP contribution >= 0.6 is 0 Å². The normalized spacial score (nSPS) is 8.92. The van der Waals surface area contributed by atoms with Crippen LogP contribution in [0.3, 0.4) is 0 Å². The third-order valence-corrected chi connectivity index (χ3v) is 1.82. The van der Waals surface area contributed by atoms with E-state index in [9.17, 15) is 4.79 Å². The molecule has 0 amide bonds. The van der Waals surface area contributed by atoms with Crippen LogP contribution in [-0.2, 0) is 0 Å². The number of anilines is 1. The Bertz CT molecular complexity index is 382. The zero-order chi connectivity index (χ0) is 9.84. The summed E-state index contributed by atoms with van der Waals surface area (Å²) in [6.45, 7) is 1.49. The molecule has 0 aliphatic carbocycles. The number of Topliss-reactive ketones (excluding diaryl/α,β-unsaturated/α-hetero) is 1. The van der Waals surface area contributed by atoms with Gasteiger partial charge in [0.15, 0.2) is 5.78 Å². The predicted octanol–water partition coefficient (Wildman–Crippen LogP) is 0.0143. The quantitative estimate of drug-likeness (QED) is 0.388. The average molecular weight is 172 g/mol. The fourth-order valence-corrected chi connectivity index (χ4v) is 1.06. The van der Waals surface area contributed by atoms with Crippen LogP contribution < -0.4 is 11.2 Å². The molecule has 13 heavy (non-hydrogen) atoms. The zero-order valence-electron chi connectivity index (χ0n) is 7.37. The van der Waals surface area contributed by atoms with Gasteiger partial charge in [-0.25, -0.2) is 5.26 Å². The van der Waals surface area contributed by atoms with Gasteiger partial charge in [0.05, 0.1) is 0 Å². The largest absolute Gasteiger partial charge is 0.399 e. The van der Waals surface area contributed by atoms with Crippen molar-refractivity contribution >= 4 is 24.2 Å². The first kappa shape index (κ1) is 9.33. The van der Waals surface area contributed by atoms with Crippen molar-refractivity contribution in [2.75, 3.05) is 5.73 Å². The lowest BCUT2D eigenvalue weighted by Gasteiger charge is -2.02. The highest BCUT2D eigenvalue weighted by molar-refractivity contribution is 6.62. The number of nitrogens with two attached hydrogens (primary N) is 1. The molecule has 0 aliphatic rings. The van der Waals surface area contributed by atoms with E-state index >= 15 is 0 Å². The van der Waals surface area contributed by atoms with Gasteiger partial charge in [-0.1, -0.05) is 6.07 Å². The fraction of sp³-hybridized carbons (Fsp3) is 0.111. The van der Waals surface area contributed by atoms with E-state index in [2.05, 4.69) is 0 Å². The summed E-state index contributed by atoms with van der Waals surface area (Å²) in [4.78, 5) is 11.0. The van der Waals surface area contributed by atoms with Gasteiger partial charge in [0, 0.05) is 17.2 Å². The van der Waals surface area contributed by atoms with Gasteiger partial charge in [0.25, 0.3) is 7.28 Å². The number of hydrogen-bond donors (Lipinski definition) is 1. The van der Waals surface area contributed by atoms with Crippen molar-refractivity contribution in [2.24, 2.45) is 0 Å². The minimum Gasteiger partial charge on any atom is -0.399 e. The van der Waals surface area contributed by atoms with Crippen molar-refractivity contribution in [3.05, 3.63) is 23.8 Å². The summed E-state index contributed by atoms with van der Waals surface area (Å²) in [5.41, 5.74) is 7.49. The van der Waals surface area contributed by atoms with Crippen LogP contribution in [0.2, 0.25) is 0 Å². The molecular formula is C9H9BN2O. The van der Waals surface area contributed by atoms with Crippen LogP contribution in [0.25, 0.3) is 0 Å². The summed E-state index contributed by atoms with van der Waals surface area (Å²) >= 11 is 0. The van der Waals surface area contributed by atoms with Gasteiger partial charge < -0.3 is 5.73 Å². The molecule has 0 heterocycles. The average Bonchev–Trinajstić information content (AvgIpc) is 2.08. The Morgan fingerprint density at radius 3 is 2.85 bits per heavy atom. The van der Waals surface area contributed by atoms with Crippen molar-refractivity contribution in [1.82, 2.24) is 0 Å². The summed E-state index contributed by atoms with van der Waals surface area (Å²) in [5.74, 6) is 1.99. The Labute approximate surface area is 77.4 Å². The van der Waals surface area contributed by atoms with E-state index < -0.39 is 0 Å². The van der Waals surface area contributed by atoms with E-state index in [0.29, 0.717) is 11.3 Å². The zero-order valence-corrected chi connectivity index (χ0v) is 7.37. The van der Waals surface area contributed by atoms with Gasteiger partial charge in [-0.15, -0.1) is 0 Å². The van der Waals surface area contributed by atoms with Crippen LogP contribution in [-0.4, -0.2) is 13.1 Å². The molecule has 0 saturated heterocycles. The molecule has 1 rings (SSSR count). The van der Waals surface area contributed by atoms with Gasteiger partial charge in [0.1, 0.15) is 0 Å². The lowest BCUT2D eigenvalue weighted by Crippen LogP contribution is -2.18. The van der Waals surface area contributed by atoms with Gasteiger partial charge in [-0.3, -0.25) is 4.79 Å². The Morgan fingerprint density at radius 1 is 1.62 bits per heavy atom. The van der Waals surface area contributed by atoms with Crippen LogP contribution in [0.4, 0.5) is 5.69 Å². The molecule has 0 unspecified atom stereocenters. The third kappa shape index (κ3) is 2.09.